The molecular formula is C13H16N2O4. The molecule has 1 aromatic rings. The second kappa shape index (κ2) is 5.43. The molecule has 3 atom stereocenters. The van der Waals surface area contributed by atoms with Gasteiger partial charge in [0, 0.05) is 24.1 Å². The van der Waals surface area contributed by atoms with Crippen LogP contribution in [0.2, 0.25) is 0 Å². The number of hydrogen-bond donors (Lipinski definition) is 2. The van der Waals surface area contributed by atoms with Gasteiger partial charge >= 0.3 is 5.69 Å². The molecule has 1 unspecified atom stereocenters. The molecule has 102 valence electrons. The molecule has 0 amide bonds. The van der Waals surface area contributed by atoms with Gasteiger partial charge in [0.05, 0.1) is 12.7 Å². The molecular weight excluding hydrogens is 248 g/mol. The number of nitrogens with one attached hydrogen (secondary N) is 1. The summed E-state index contributed by atoms with van der Waals surface area (Å²) in [6, 6.07) is 0. The third-order valence-electron chi connectivity index (χ3n) is 3.38. The van der Waals surface area contributed by atoms with Crippen molar-refractivity contribution in [2.24, 2.45) is 5.92 Å². The van der Waals surface area contributed by atoms with Crippen LogP contribution in [0, 0.1) is 25.2 Å². The maximum Gasteiger partial charge on any atom is 0.330 e. The molecule has 1 aliphatic rings. The number of aryl methyl sites for hydroxylation is 1. The molecule has 0 spiro atoms. The van der Waals surface area contributed by atoms with E-state index >= 15 is 0 Å². The molecule has 2 N–H and O–H groups in total. The van der Waals surface area contributed by atoms with Crippen LogP contribution in [0.1, 0.15) is 24.6 Å². The number of rotatable bonds is 3. The highest BCUT2D eigenvalue weighted by atomic mass is 16.5. The third kappa shape index (κ3) is 2.62. The molecule has 1 fully saturated rings. The van der Waals surface area contributed by atoms with Gasteiger partial charge in [-0.25, -0.2) is 4.79 Å². The van der Waals surface area contributed by atoms with Gasteiger partial charge in [0.1, 0.15) is 6.23 Å². The number of hydrogen-bond acceptors (Lipinski definition) is 4. The summed E-state index contributed by atoms with van der Waals surface area (Å²) in [5.41, 5.74) is -0.485. The molecule has 0 saturated carbocycles. The first-order valence-electron chi connectivity index (χ1n) is 6.08. The van der Waals surface area contributed by atoms with Gasteiger partial charge in [0.2, 0.25) is 0 Å². The first-order valence-corrected chi connectivity index (χ1v) is 6.08. The van der Waals surface area contributed by atoms with E-state index in [4.69, 9.17) is 11.2 Å². The van der Waals surface area contributed by atoms with Crippen LogP contribution in [0.3, 0.4) is 0 Å². The predicted molar refractivity (Wildman–Crippen MR) is 68.6 cm³/mol. The summed E-state index contributed by atoms with van der Waals surface area (Å²) in [5.74, 6) is 2.56. The molecule has 1 aromatic heterocycles. The molecule has 0 aliphatic carbocycles. The van der Waals surface area contributed by atoms with E-state index in [0.717, 1.165) is 0 Å². The van der Waals surface area contributed by atoms with Crippen molar-refractivity contribution in [2.75, 3.05) is 6.61 Å². The Morgan fingerprint density at radius 2 is 2.37 bits per heavy atom. The van der Waals surface area contributed by atoms with Crippen LogP contribution in [0.5, 0.6) is 0 Å². The fraction of sp³-hybridized carbons (Fsp3) is 0.538. The fourth-order valence-corrected chi connectivity index (χ4v) is 2.32. The van der Waals surface area contributed by atoms with Crippen molar-refractivity contribution in [1.29, 1.82) is 0 Å². The molecule has 2 heterocycles. The van der Waals surface area contributed by atoms with Gasteiger partial charge in [-0.05, 0) is 13.3 Å². The summed E-state index contributed by atoms with van der Waals surface area (Å²) in [7, 11) is 0. The summed E-state index contributed by atoms with van der Waals surface area (Å²) in [6.07, 6.45) is 6.90. The van der Waals surface area contributed by atoms with Crippen molar-refractivity contribution < 1.29 is 9.84 Å². The number of nitrogens with zero attached hydrogens (tertiary/aromatic N) is 1. The second-order valence-electron chi connectivity index (χ2n) is 4.69. The second-order valence-corrected chi connectivity index (χ2v) is 4.69. The molecule has 1 aliphatic heterocycles. The van der Waals surface area contributed by atoms with Gasteiger partial charge in [-0.1, -0.05) is 0 Å². The van der Waals surface area contributed by atoms with Crippen LogP contribution in [0.4, 0.5) is 0 Å². The third-order valence-corrected chi connectivity index (χ3v) is 3.38. The Balaban J connectivity index is 2.30. The summed E-state index contributed by atoms with van der Waals surface area (Å²) in [5, 5.41) is 9.26. The van der Waals surface area contributed by atoms with Crippen molar-refractivity contribution in [3.8, 4) is 12.3 Å². The molecule has 0 radical (unpaired) electrons. The first-order chi connectivity index (χ1) is 9.06. The Morgan fingerprint density at radius 3 is 3.00 bits per heavy atom. The maximum absolute atomic E-state index is 11.8. The highest BCUT2D eigenvalue weighted by molar-refractivity contribution is 5.02. The summed E-state index contributed by atoms with van der Waals surface area (Å²) < 4.78 is 6.98. The SMILES string of the molecule is C#CCC1C[C@H](n2cc(C)c(=O)[nH]c2=O)O[C@@H]1CO. The Labute approximate surface area is 110 Å². The van der Waals surface area contributed by atoms with Gasteiger partial charge in [0.15, 0.2) is 0 Å². The van der Waals surface area contributed by atoms with E-state index in [9.17, 15) is 14.7 Å². The first kappa shape index (κ1) is 13.6. The van der Waals surface area contributed by atoms with Crippen LogP contribution in [0.15, 0.2) is 15.8 Å². The standard InChI is InChI=1S/C13H16N2O4/c1-3-4-9-5-11(19-10(9)7-16)15-6-8(2)12(17)14-13(15)18/h1,6,9-11,16H,4-5,7H2,2H3,(H,14,17,18)/t9?,10-,11-/m1/s1. The van der Waals surface area contributed by atoms with E-state index < -0.39 is 17.5 Å². The van der Waals surface area contributed by atoms with E-state index in [2.05, 4.69) is 10.9 Å². The topological polar surface area (TPSA) is 84.3 Å². The zero-order valence-corrected chi connectivity index (χ0v) is 10.6. The number of aliphatic hydroxyl groups excluding tert-OH is 1. The molecule has 0 bridgehead atoms. The molecule has 1 saturated heterocycles. The fourth-order valence-electron chi connectivity index (χ4n) is 2.32. The lowest BCUT2D eigenvalue weighted by Crippen LogP contribution is -2.33. The van der Waals surface area contributed by atoms with Crippen molar-refractivity contribution >= 4 is 0 Å². The minimum Gasteiger partial charge on any atom is -0.394 e. The zero-order chi connectivity index (χ0) is 14.0. The minimum atomic E-state index is -0.515. The van der Waals surface area contributed by atoms with Crippen LogP contribution in [-0.4, -0.2) is 27.4 Å². The molecule has 6 nitrogen and oxygen atoms in total. The number of aromatic nitrogens is 2. The van der Waals surface area contributed by atoms with Gasteiger partial charge in [-0.3, -0.25) is 14.3 Å². The quantitative estimate of drug-likeness (QED) is 0.738. The van der Waals surface area contributed by atoms with E-state index in [1.165, 1.54) is 10.8 Å². The number of ether oxygens (including phenoxy) is 1. The smallest absolute Gasteiger partial charge is 0.330 e. The number of terminal acetylenes is 1. The normalized spacial score (nSPS) is 26.3. The largest absolute Gasteiger partial charge is 0.394 e. The van der Waals surface area contributed by atoms with Crippen LogP contribution in [-0.2, 0) is 4.74 Å². The van der Waals surface area contributed by atoms with Gasteiger partial charge in [0.25, 0.3) is 5.56 Å². The zero-order valence-electron chi connectivity index (χ0n) is 10.6. The van der Waals surface area contributed by atoms with Gasteiger partial charge < -0.3 is 9.84 Å². The number of aromatic amines is 1. The van der Waals surface area contributed by atoms with Crippen LogP contribution >= 0.6 is 0 Å². The van der Waals surface area contributed by atoms with E-state index in [-0.39, 0.29) is 18.6 Å². The van der Waals surface area contributed by atoms with E-state index in [0.29, 0.717) is 18.4 Å². The van der Waals surface area contributed by atoms with Crippen LogP contribution in [0.25, 0.3) is 0 Å². The van der Waals surface area contributed by atoms with Crippen molar-refractivity contribution in [2.45, 2.75) is 32.1 Å². The van der Waals surface area contributed by atoms with E-state index in [1.54, 1.807) is 6.92 Å². The molecule has 0 aromatic carbocycles. The maximum atomic E-state index is 11.8. The van der Waals surface area contributed by atoms with Crippen LogP contribution < -0.4 is 11.2 Å². The Bertz CT molecular complexity index is 610. The highest BCUT2D eigenvalue weighted by Gasteiger charge is 2.35. The predicted octanol–water partition coefficient (Wildman–Crippen LogP) is -0.236. The Morgan fingerprint density at radius 1 is 1.63 bits per heavy atom. The molecule has 2 rings (SSSR count). The minimum absolute atomic E-state index is 0.0131. The lowest BCUT2D eigenvalue weighted by atomic mass is 9.98. The summed E-state index contributed by atoms with van der Waals surface area (Å²) in [6.45, 7) is 1.48. The monoisotopic (exact) mass is 264 g/mol. The number of H-pyrrole nitrogens is 1. The van der Waals surface area contributed by atoms with Crippen molar-refractivity contribution in [1.82, 2.24) is 9.55 Å². The lowest BCUT2D eigenvalue weighted by Gasteiger charge is -2.15. The Kier molecular flexibility index (Phi) is 3.88. The average Bonchev–Trinajstić information content (AvgIpc) is 2.77. The van der Waals surface area contributed by atoms with Gasteiger partial charge in [-0.2, -0.15) is 0 Å². The highest BCUT2D eigenvalue weighted by Crippen LogP contribution is 2.34. The number of aliphatic hydroxyl groups is 1. The summed E-state index contributed by atoms with van der Waals surface area (Å²) >= 11 is 0. The molecule has 19 heavy (non-hydrogen) atoms. The van der Waals surface area contributed by atoms with Crippen molar-refractivity contribution in [3.63, 3.8) is 0 Å². The molecule has 6 heteroatoms. The van der Waals surface area contributed by atoms with Gasteiger partial charge in [-0.15, -0.1) is 12.3 Å². The van der Waals surface area contributed by atoms with E-state index in [1.807, 2.05) is 0 Å². The van der Waals surface area contributed by atoms with Crippen molar-refractivity contribution in [3.05, 3.63) is 32.6 Å². The average molecular weight is 264 g/mol. The lowest BCUT2D eigenvalue weighted by molar-refractivity contribution is -0.0323. The Hall–Kier alpha value is -1.84. The summed E-state index contributed by atoms with van der Waals surface area (Å²) in [4.78, 5) is 25.3.